The molecule has 128 valence electrons. The zero-order valence-corrected chi connectivity index (χ0v) is 13.8. The molecule has 3 N–H and O–H groups in total. The molecule has 2 rings (SSSR count). The molecule has 0 bridgehead atoms. The van der Waals surface area contributed by atoms with Gasteiger partial charge in [0.15, 0.2) is 6.10 Å². The third-order valence-corrected chi connectivity index (χ3v) is 3.83. The Bertz CT molecular complexity index is 506. The Labute approximate surface area is 142 Å². The number of esters is 1. The smallest absolute Gasteiger partial charge is 0.336 e. The van der Waals surface area contributed by atoms with Gasteiger partial charge in [-0.3, -0.25) is 4.79 Å². The quantitative estimate of drug-likeness (QED) is 0.652. The summed E-state index contributed by atoms with van der Waals surface area (Å²) in [5.41, 5.74) is 0.926. The summed E-state index contributed by atoms with van der Waals surface area (Å²) in [6.45, 7) is 0.807. The van der Waals surface area contributed by atoms with E-state index in [0.29, 0.717) is 6.42 Å². The van der Waals surface area contributed by atoms with Crippen LogP contribution < -0.4 is 10.6 Å². The lowest BCUT2D eigenvalue weighted by atomic mass is 10.0. The Morgan fingerprint density at radius 1 is 1.39 bits per heavy atom. The van der Waals surface area contributed by atoms with Crippen LogP contribution in [-0.2, 0) is 20.7 Å². The van der Waals surface area contributed by atoms with Crippen molar-refractivity contribution in [3.63, 3.8) is 0 Å². The summed E-state index contributed by atoms with van der Waals surface area (Å²) in [5, 5.41) is 16.0. The van der Waals surface area contributed by atoms with Crippen molar-refractivity contribution in [1.29, 1.82) is 0 Å². The van der Waals surface area contributed by atoms with Crippen molar-refractivity contribution in [2.45, 2.75) is 37.5 Å². The van der Waals surface area contributed by atoms with Crippen LogP contribution in [0.4, 0.5) is 0 Å². The molecule has 23 heavy (non-hydrogen) atoms. The first-order valence-corrected chi connectivity index (χ1v) is 7.45. The number of amides is 1. The Morgan fingerprint density at radius 2 is 2.09 bits per heavy atom. The molecule has 1 aromatic rings. The summed E-state index contributed by atoms with van der Waals surface area (Å²) < 4.78 is 4.58. The number of benzene rings is 1. The summed E-state index contributed by atoms with van der Waals surface area (Å²) in [7, 11) is 1.21. The molecule has 0 saturated carbocycles. The van der Waals surface area contributed by atoms with E-state index in [9.17, 15) is 14.7 Å². The van der Waals surface area contributed by atoms with Gasteiger partial charge in [0, 0.05) is 0 Å². The number of aliphatic hydroxyl groups excluding tert-OH is 1. The fourth-order valence-corrected chi connectivity index (χ4v) is 2.59. The summed E-state index contributed by atoms with van der Waals surface area (Å²) in [6.07, 6.45) is 0.671. The van der Waals surface area contributed by atoms with Crippen molar-refractivity contribution < 1.29 is 19.4 Å². The molecule has 1 aromatic carbocycles. The molecule has 1 heterocycles. The first-order chi connectivity index (χ1) is 10.6. The first kappa shape index (κ1) is 19.4. The van der Waals surface area contributed by atoms with Gasteiger partial charge in [-0.05, 0) is 31.4 Å². The molecule has 0 aromatic heterocycles. The monoisotopic (exact) mass is 342 g/mol. The van der Waals surface area contributed by atoms with Crippen LogP contribution in [0.1, 0.15) is 18.4 Å². The minimum absolute atomic E-state index is 0. The topological polar surface area (TPSA) is 87.7 Å². The molecular weight excluding hydrogens is 320 g/mol. The number of methoxy groups -OCH3 is 1. The van der Waals surface area contributed by atoms with Gasteiger partial charge in [0.25, 0.3) is 0 Å². The van der Waals surface area contributed by atoms with E-state index in [4.69, 9.17) is 0 Å². The second-order valence-electron chi connectivity index (χ2n) is 5.42. The highest BCUT2D eigenvalue weighted by Gasteiger charge is 2.31. The van der Waals surface area contributed by atoms with Gasteiger partial charge in [0.2, 0.25) is 5.91 Å². The number of rotatable bonds is 6. The molecule has 0 unspecified atom stereocenters. The van der Waals surface area contributed by atoms with Crippen molar-refractivity contribution in [2.24, 2.45) is 0 Å². The predicted molar refractivity (Wildman–Crippen MR) is 88.4 cm³/mol. The fraction of sp³-hybridized carbons (Fsp3) is 0.500. The molecule has 1 amide bonds. The number of carbonyl (C=O) groups is 2. The molecule has 0 aliphatic carbocycles. The van der Waals surface area contributed by atoms with E-state index in [2.05, 4.69) is 15.4 Å². The highest BCUT2D eigenvalue weighted by Crippen LogP contribution is 2.10. The van der Waals surface area contributed by atoms with Crippen molar-refractivity contribution in [2.75, 3.05) is 13.7 Å². The van der Waals surface area contributed by atoms with Crippen molar-refractivity contribution in [3.05, 3.63) is 35.9 Å². The predicted octanol–water partition coefficient (Wildman–Crippen LogP) is 0.422. The maximum Gasteiger partial charge on any atom is 0.336 e. The van der Waals surface area contributed by atoms with Gasteiger partial charge in [0.1, 0.15) is 0 Å². The zero-order chi connectivity index (χ0) is 15.9. The second-order valence-corrected chi connectivity index (χ2v) is 5.42. The number of ether oxygens (including phenoxy) is 1. The minimum atomic E-state index is -1.39. The first-order valence-electron chi connectivity index (χ1n) is 7.45. The highest BCUT2D eigenvalue weighted by atomic mass is 35.5. The van der Waals surface area contributed by atoms with Crippen LogP contribution >= 0.6 is 12.4 Å². The standard InChI is InChI=1S/C16H22N2O4.ClH/c1-22-16(21)14(19)13(10-11-6-3-2-4-7-11)18-15(20)12-8-5-9-17-12;/h2-4,6-7,12-14,17,19H,5,8-10H2,1H3,(H,18,20);1H/t12-,13-,14+;/m0./s1. The molecule has 1 aliphatic rings. The number of hydrogen-bond acceptors (Lipinski definition) is 5. The normalized spacial score (nSPS) is 19.3. The lowest BCUT2D eigenvalue weighted by molar-refractivity contribution is -0.152. The van der Waals surface area contributed by atoms with E-state index in [1.54, 1.807) is 0 Å². The maximum atomic E-state index is 12.2. The number of nitrogens with one attached hydrogen (secondary N) is 2. The molecule has 6 nitrogen and oxygen atoms in total. The number of aliphatic hydroxyl groups is 1. The van der Waals surface area contributed by atoms with Gasteiger partial charge in [-0.2, -0.15) is 0 Å². The fourth-order valence-electron chi connectivity index (χ4n) is 2.59. The highest BCUT2D eigenvalue weighted by molar-refractivity contribution is 5.85. The lowest BCUT2D eigenvalue weighted by Crippen LogP contribution is -2.52. The van der Waals surface area contributed by atoms with E-state index in [1.807, 2.05) is 30.3 Å². The molecular formula is C16H23ClN2O4. The largest absolute Gasteiger partial charge is 0.467 e. The van der Waals surface area contributed by atoms with Crippen molar-refractivity contribution in [1.82, 2.24) is 10.6 Å². The van der Waals surface area contributed by atoms with Crippen LogP contribution in [0.5, 0.6) is 0 Å². The third kappa shape index (κ3) is 5.49. The Hall–Kier alpha value is -1.63. The molecule has 1 aliphatic heterocycles. The van der Waals surface area contributed by atoms with E-state index < -0.39 is 18.1 Å². The Morgan fingerprint density at radius 3 is 2.65 bits per heavy atom. The lowest BCUT2D eigenvalue weighted by Gasteiger charge is -2.24. The van der Waals surface area contributed by atoms with Gasteiger partial charge in [0.05, 0.1) is 19.2 Å². The minimum Gasteiger partial charge on any atom is -0.467 e. The van der Waals surface area contributed by atoms with Gasteiger partial charge >= 0.3 is 5.97 Å². The van der Waals surface area contributed by atoms with Crippen LogP contribution in [-0.4, -0.2) is 48.8 Å². The number of hydrogen-bond donors (Lipinski definition) is 3. The van der Waals surface area contributed by atoms with Crippen LogP contribution in [0.2, 0.25) is 0 Å². The van der Waals surface area contributed by atoms with Crippen molar-refractivity contribution in [3.8, 4) is 0 Å². The number of halogens is 1. The summed E-state index contributed by atoms with van der Waals surface area (Å²) in [5.74, 6) is -0.943. The Kier molecular flexibility index (Phi) is 8.02. The number of carbonyl (C=O) groups excluding carboxylic acids is 2. The molecule has 7 heteroatoms. The van der Waals surface area contributed by atoms with Crippen LogP contribution in [0.3, 0.4) is 0 Å². The van der Waals surface area contributed by atoms with E-state index in [-0.39, 0.29) is 24.4 Å². The third-order valence-electron chi connectivity index (χ3n) is 3.83. The molecule has 3 atom stereocenters. The van der Waals surface area contributed by atoms with Gasteiger partial charge in [-0.15, -0.1) is 12.4 Å². The van der Waals surface area contributed by atoms with E-state index in [0.717, 1.165) is 24.9 Å². The van der Waals surface area contributed by atoms with Gasteiger partial charge < -0.3 is 20.5 Å². The molecule has 0 radical (unpaired) electrons. The average Bonchev–Trinajstić information content (AvgIpc) is 3.08. The van der Waals surface area contributed by atoms with Gasteiger partial charge in [-0.1, -0.05) is 30.3 Å². The average molecular weight is 343 g/mol. The van der Waals surface area contributed by atoms with Crippen molar-refractivity contribution >= 4 is 24.3 Å². The van der Waals surface area contributed by atoms with E-state index >= 15 is 0 Å². The molecule has 1 saturated heterocycles. The van der Waals surface area contributed by atoms with Crippen LogP contribution in [0, 0.1) is 0 Å². The summed E-state index contributed by atoms with van der Waals surface area (Å²) in [6, 6.07) is 8.42. The van der Waals surface area contributed by atoms with E-state index in [1.165, 1.54) is 7.11 Å². The zero-order valence-electron chi connectivity index (χ0n) is 13.0. The summed E-state index contributed by atoms with van der Waals surface area (Å²) >= 11 is 0. The Balaban J connectivity index is 0.00000264. The maximum absolute atomic E-state index is 12.2. The van der Waals surface area contributed by atoms with Gasteiger partial charge in [-0.25, -0.2) is 4.79 Å². The summed E-state index contributed by atoms with van der Waals surface area (Å²) in [4.78, 5) is 23.8. The molecule has 1 fully saturated rings. The molecule has 0 spiro atoms. The second kappa shape index (κ2) is 9.50. The van der Waals surface area contributed by atoms with Crippen LogP contribution in [0.15, 0.2) is 30.3 Å². The SMILES string of the molecule is COC(=O)[C@H](O)[C@H](Cc1ccccc1)NC(=O)[C@@H]1CCCN1.Cl. The van der Waals surface area contributed by atoms with Crippen LogP contribution in [0.25, 0.3) is 0 Å².